The van der Waals surface area contributed by atoms with E-state index in [4.69, 9.17) is 4.43 Å². The lowest BCUT2D eigenvalue weighted by Gasteiger charge is -2.39. The van der Waals surface area contributed by atoms with Crippen molar-refractivity contribution in [2.75, 3.05) is 6.61 Å². The molecular weight excluding hydrogens is 276 g/mol. The van der Waals surface area contributed by atoms with Gasteiger partial charge in [0.05, 0.1) is 6.10 Å². The first-order chi connectivity index (χ1) is 9.74. The number of rotatable bonds is 11. The summed E-state index contributed by atoms with van der Waals surface area (Å²) in [5.74, 6) is 0. The largest absolute Gasteiger partial charge is 0.414 e. The first-order valence-corrected chi connectivity index (χ1v) is 11.6. The lowest BCUT2D eigenvalue weighted by molar-refractivity contribution is 0.141. The van der Waals surface area contributed by atoms with E-state index in [1.807, 2.05) is 0 Å². The van der Waals surface area contributed by atoms with E-state index < -0.39 is 8.32 Å². The highest BCUT2D eigenvalue weighted by molar-refractivity contribution is 6.74. The number of hydrogen-bond donors (Lipinski definition) is 1. The van der Waals surface area contributed by atoms with Gasteiger partial charge in [-0.1, -0.05) is 59.1 Å². The van der Waals surface area contributed by atoms with Crippen LogP contribution in [0.5, 0.6) is 0 Å². The Morgan fingerprint density at radius 3 is 2.29 bits per heavy atom. The van der Waals surface area contributed by atoms with E-state index in [1.54, 1.807) is 0 Å². The quantitative estimate of drug-likeness (QED) is 0.302. The number of aliphatic hydroxyl groups excluding tert-OH is 1. The molecule has 1 N–H and O–H groups in total. The Balaban J connectivity index is 4.22. The fraction of sp³-hybridized carbons (Fsp3) is 0.889. The molecule has 0 saturated heterocycles. The molecule has 0 fully saturated rings. The highest BCUT2D eigenvalue weighted by Gasteiger charge is 2.38. The molecule has 0 rings (SSSR count). The summed E-state index contributed by atoms with van der Waals surface area (Å²) in [6.07, 6.45) is 12.8. The van der Waals surface area contributed by atoms with Gasteiger partial charge in [0.25, 0.3) is 0 Å². The minimum absolute atomic E-state index is 0.169. The summed E-state index contributed by atoms with van der Waals surface area (Å²) in [5, 5.41) is 9.47. The van der Waals surface area contributed by atoms with Crippen LogP contribution < -0.4 is 0 Å². The van der Waals surface area contributed by atoms with E-state index >= 15 is 0 Å². The maximum atomic E-state index is 9.25. The third-order valence-electron chi connectivity index (χ3n) is 4.51. The molecular formula is C18H38O2Si. The fourth-order valence-electron chi connectivity index (χ4n) is 2.02. The lowest BCUT2D eigenvalue weighted by atomic mass is 10.1. The predicted molar refractivity (Wildman–Crippen MR) is 96.3 cm³/mol. The van der Waals surface area contributed by atoms with E-state index in [1.165, 1.54) is 32.1 Å². The number of allylic oxidation sites excluding steroid dienone is 1. The summed E-state index contributed by atoms with van der Waals surface area (Å²) in [6, 6.07) is 0. The van der Waals surface area contributed by atoms with Crippen LogP contribution in [-0.4, -0.2) is 26.1 Å². The normalized spacial score (nSPS) is 14.8. The molecule has 2 nitrogen and oxygen atoms in total. The summed E-state index contributed by atoms with van der Waals surface area (Å²) in [6.45, 7) is 13.8. The Morgan fingerprint density at radius 1 is 1.10 bits per heavy atom. The van der Waals surface area contributed by atoms with Crippen LogP contribution in [0.15, 0.2) is 12.2 Å². The fourth-order valence-corrected chi connectivity index (χ4v) is 3.42. The van der Waals surface area contributed by atoms with E-state index in [9.17, 15) is 5.11 Å². The predicted octanol–water partition coefficient (Wildman–Crippen LogP) is 5.68. The molecule has 0 aliphatic heterocycles. The van der Waals surface area contributed by atoms with Gasteiger partial charge in [0.2, 0.25) is 0 Å². The smallest absolute Gasteiger partial charge is 0.192 e. The van der Waals surface area contributed by atoms with Crippen LogP contribution in [0.2, 0.25) is 18.1 Å². The van der Waals surface area contributed by atoms with Gasteiger partial charge in [-0.05, 0) is 43.8 Å². The van der Waals surface area contributed by atoms with Crippen molar-refractivity contribution in [3.05, 3.63) is 12.2 Å². The highest BCUT2D eigenvalue weighted by Crippen LogP contribution is 2.38. The zero-order chi connectivity index (χ0) is 16.4. The maximum absolute atomic E-state index is 9.25. The van der Waals surface area contributed by atoms with Gasteiger partial charge in [0.15, 0.2) is 8.32 Å². The summed E-state index contributed by atoms with van der Waals surface area (Å²) in [7, 11) is -1.74. The van der Waals surface area contributed by atoms with Gasteiger partial charge in [-0.3, -0.25) is 0 Å². The Kier molecular flexibility index (Phi) is 10.5. The molecule has 0 radical (unpaired) electrons. The van der Waals surface area contributed by atoms with Crippen LogP contribution in [0.4, 0.5) is 0 Å². The van der Waals surface area contributed by atoms with Crippen LogP contribution >= 0.6 is 0 Å². The van der Waals surface area contributed by atoms with Gasteiger partial charge < -0.3 is 9.53 Å². The summed E-state index contributed by atoms with van der Waals surface area (Å²) >= 11 is 0. The molecule has 1 unspecified atom stereocenters. The monoisotopic (exact) mass is 314 g/mol. The standard InChI is InChI=1S/C18H38O2Si/c1-7-8-9-10-11-12-13-14-17(15-16-19)20-21(5,6)18(2,3)4/h12-13,17,19H,7-11,14-16H2,1-6H3. The van der Waals surface area contributed by atoms with Gasteiger partial charge in [-0.2, -0.15) is 0 Å². The second-order valence-electron chi connectivity index (χ2n) is 7.57. The second kappa shape index (κ2) is 10.6. The van der Waals surface area contributed by atoms with E-state index in [0.717, 1.165) is 12.8 Å². The minimum Gasteiger partial charge on any atom is -0.414 e. The number of unbranched alkanes of at least 4 members (excludes halogenated alkanes) is 4. The van der Waals surface area contributed by atoms with Crippen molar-refractivity contribution in [2.24, 2.45) is 0 Å². The van der Waals surface area contributed by atoms with Crippen LogP contribution in [0.3, 0.4) is 0 Å². The first kappa shape index (κ1) is 20.9. The van der Waals surface area contributed by atoms with Crippen LogP contribution in [0.25, 0.3) is 0 Å². The van der Waals surface area contributed by atoms with Crippen molar-refractivity contribution >= 4 is 8.32 Å². The van der Waals surface area contributed by atoms with E-state index in [0.29, 0.717) is 0 Å². The van der Waals surface area contributed by atoms with Crippen molar-refractivity contribution in [3.8, 4) is 0 Å². The van der Waals surface area contributed by atoms with Crippen molar-refractivity contribution in [3.63, 3.8) is 0 Å². The molecule has 21 heavy (non-hydrogen) atoms. The Bertz CT molecular complexity index is 279. The van der Waals surface area contributed by atoms with Crippen molar-refractivity contribution < 1.29 is 9.53 Å². The van der Waals surface area contributed by atoms with Gasteiger partial charge in [0, 0.05) is 6.61 Å². The molecule has 0 aromatic carbocycles. The van der Waals surface area contributed by atoms with Gasteiger partial charge in [-0.15, -0.1) is 0 Å². The molecule has 126 valence electrons. The second-order valence-corrected chi connectivity index (χ2v) is 12.3. The molecule has 0 bridgehead atoms. The average molecular weight is 315 g/mol. The number of aliphatic hydroxyl groups is 1. The molecule has 0 aliphatic rings. The maximum Gasteiger partial charge on any atom is 0.192 e. The van der Waals surface area contributed by atoms with Crippen molar-refractivity contribution in [1.82, 2.24) is 0 Å². The lowest BCUT2D eigenvalue weighted by Crippen LogP contribution is -2.44. The van der Waals surface area contributed by atoms with Crippen LogP contribution in [-0.2, 0) is 4.43 Å². The zero-order valence-corrected chi connectivity index (χ0v) is 16.2. The molecule has 0 aromatic heterocycles. The summed E-state index contributed by atoms with van der Waals surface area (Å²) in [4.78, 5) is 0. The molecule has 0 spiro atoms. The third-order valence-corrected chi connectivity index (χ3v) is 9.04. The third kappa shape index (κ3) is 9.49. The van der Waals surface area contributed by atoms with Gasteiger partial charge in [0.1, 0.15) is 0 Å². The molecule has 0 heterocycles. The Hall–Kier alpha value is -0.123. The van der Waals surface area contributed by atoms with E-state index in [-0.39, 0.29) is 17.7 Å². The molecule has 0 amide bonds. The molecule has 0 aromatic rings. The van der Waals surface area contributed by atoms with Gasteiger partial charge in [-0.25, -0.2) is 0 Å². The van der Waals surface area contributed by atoms with Crippen LogP contribution in [0, 0.1) is 0 Å². The minimum atomic E-state index is -1.74. The molecule has 0 saturated carbocycles. The molecule has 3 heteroatoms. The molecule has 0 aliphatic carbocycles. The summed E-state index contributed by atoms with van der Waals surface area (Å²) < 4.78 is 6.42. The zero-order valence-electron chi connectivity index (χ0n) is 15.2. The summed E-state index contributed by atoms with van der Waals surface area (Å²) in [5.41, 5.74) is 0. The van der Waals surface area contributed by atoms with Gasteiger partial charge >= 0.3 is 0 Å². The number of hydrogen-bond acceptors (Lipinski definition) is 2. The average Bonchev–Trinajstić information content (AvgIpc) is 2.36. The van der Waals surface area contributed by atoms with Crippen molar-refractivity contribution in [1.29, 1.82) is 0 Å². The highest BCUT2D eigenvalue weighted by atomic mass is 28.4. The topological polar surface area (TPSA) is 29.5 Å². The van der Waals surface area contributed by atoms with Crippen molar-refractivity contribution in [2.45, 2.75) is 96.9 Å². The Labute approximate surface area is 134 Å². The first-order valence-electron chi connectivity index (χ1n) is 8.68. The SMILES string of the molecule is CCCCCCC=CCC(CCO)O[Si](C)(C)C(C)(C)C. The van der Waals surface area contributed by atoms with E-state index in [2.05, 4.69) is 52.9 Å². The van der Waals surface area contributed by atoms with Crippen LogP contribution in [0.1, 0.15) is 72.6 Å². The molecule has 1 atom stereocenters. The Morgan fingerprint density at radius 2 is 1.76 bits per heavy atom.